The third-order valence-electron chi connectivity index (χ3n) is 4.45. The van der Waals surface area contributed by atoms with Gasteiger partial charge in [-0.2, -0.15) is 5.10 Å². The standard InChI is InChI=1S/C18H18BrN3O2S/c1-12-8-15(19)3-7-18(12)25(23,24)21-10-13-2-6-17-14(9-13)11-20-22(17)16-4-5-16/h2-3,6-9,11,16,21H,4-5,10H2,1H3. The molecule has 130 valence electrons. The maximum atomic E-state index is 12.6. The van der Waals surface area contributed by atoms with Crippen LogP contribution >= 0.6 is 15.9 Å². The summed E-state index contributed by atoms with van der Waals surface area (Å²) in [4.78, 5) is 0.304. The van der Waals surface area contributed by atoms with E-state index >= 15 is 0 Å². The molecular formula is C18H18BrN3O2S. The van der Waals surface area contributed by atoms with Crippen LogP contribution in [0.5, 0.6) is 0 Å². The van der Waals surface area contributed by atoms with E-state index in [9.17, 15) is 8.42 Å². The molecule has 7 heteroatoms. The van der Waals surface area contributed by atoms with Crippen LogP contribution in [0.25, 0.3) is 10.9 Å². The maximum Gasteiger partial charge on any atom is 0.241 e. The summed E-state index contributed by atoms with van der Waals surface area (Å²) in [5.74, 6) is 0. The largest absolute Gasteiger partial charge is 0.262 e. The summed E-state index contributed by atoms with van der Waals surface area (Å²) in [6, 6.07) is 11.7. The van der Waals surface area contributed by atoms with Gasteiger partial charge in [0.2, 0.25) is 10.0 Å². The lowest BCUT2D eigenvalue weighted by molar-refractivity contribution is 0.580. The van der Waals surface area contributed by atoms with Crippen molar-refractivity contribution in [3.63, 3.8) is 0 Å². The van der Waals surface area contributed by atoms with Crippen LogP contribution in [0, 0.1) is 6.92 Å². The molecular weight excluding hydrogens is 402 g/mol. The molecule has 0 radical (unpaired) electrons. The number of aromatic nitrogens is 2. The van der Waals surface area contributed by atoms with E-state index < -0.39 is 10.0 Å². The Morgan fingerprint density at radius 3 is 2.76 bits per heavy atom. The minimum Gasteiger partial charge on any atom is -0.262 e. The topological polar surface area (TPSA) is 64.0 Å². The van der Waals surface area contributed by atoms with Crippen LogP contribution in [0.4, 0.5) is 0 Å². The second-order valence-corrected chi connectivity index (χ2v) is 9.10. The van der Waals surface area contributed by atoms with Crippen LogP contribution in [-0.4, -0.2) is 18.2 Å². The molecule has 1 saturated carbocycles. The first-order chi connectivity index (χ1) is 11.9. The number of hydrogen-bond donors (Lipinski definition) is 1. The molecule has 0 aliphatic heterocycles. The van der Waals surface area contributed by atoms with Crippen molar-refractivity contribution < 1.29 is 8.42 Å². The van der Waals surface area contributed by atoms with Crippen molar-refractivity contribution in [1.29, 1.82) is 0 Å². The third kappa shape index (κ3) is 3.36. The van der Waals surface area contributed by atoms with Crippen molar-refractivity contribution in [2.75, 3.05) is 0 Å². The number of benzene rings is 2. The van der Waals surface area contributed by atoms with Gasteiger partial charge in [0.05, 0.1) is 22.7 Å². The molecule has 1 aliphatic carbocycles. The molecule has 0 unspecified atom stereocenters. The molecule has 0 spiro atoms. The molecule has 5 nitrogen and oxygen atoms in total. The molecule has 0 saturated heterocycles. The average Bonchev–Trinajstić information content (AvgIpc) is 3.32. The number of halogens is 1. The predicted molar refractivity (Wildman–Crippen MR) is 101 cm³/mol. The van der Waals surface area contributed by atoms with Crippen molar-refractivity contribution in [1.82, 2.24) is 14.5 Å². The second-order valence-electron chi connectivity index (χ2n) is 6.45. The Hall–Kier alpha value is -1.70. The zero-order valence-electron chi connectivity index (χ0n) is 13.7. The van der Waals surface area contributed by atoms with E-state index in [1.807, 2.05) is 24.4 Å². The fourth-order valence-electron chi connectivity index (χ4n) is 2.99. The van der Waals surface area contributed by atoms with Crippen LogP contribution in [0.1, 0.15) is 30.0 Å². The van der Waals surface area contributed by atoms with E-state index in [1.54, 1.807) is 25.1 Å². The van der Waals surface area contributed by atoms with Gasteiger partial charge >= 0.3 is 0 Å². The van der Waals surface area contributed by atoms with Crippen LogP contribution in [0.2, 0.25) is 0 Å². The molecule has 25 heavy (non-hydrogen) atoms. The van der Waals surface area contributed by atoms with Gasteiger partial charge in [-0.05, 0) is 61.2 Å². The van der Waals surface area contributed by atoms with Crippen molar-refractivity contribution in [3.8, 4) is 0 Å². The quantitative estimate of drug-likeness (QED) is 0.681. The summed E-state index contributed by atoms with van der Waals surface area (Å²) < 4.78 is 30.7. The van der Waals surface area contributed by atoms with Gasteiger partial charge in [0.25, 0.3) is 0 Å². The van der Waals surface area contributed by atoms with E-state index in [-0.39, 0.29) is 6.54 Å². The SMILES string of the molecule is Cc1cc(Br)ccc1S(=O)(=O)NCc1ccc2c(cnn2C2CC2)c1. The van der Waals surface area contributed by atoms with Gasteiger partial charge in [-0.25, -0.2) is 13.1 Å². The van der Waals surface area contributed by atoms with Crippen LogP contribution in [-0.2, 0) is 16.6 Å². The van der Waals surface area contributed by atoms with Crippen molar-refractivity contribution in [2.45, 2.75) is 37.2 Å². The number of nitrogens with zero attached hydrogens (tertiary/aromatic N) is 2. The second kappa shape index (κ2) is 6.23. The minimum absolute atomic E-state index is 0.252. The Morgan fingerprint density at radius 2 is 2.04 bits per heavy atom. The van der Waals surface area contributed by atoms with Gasteiger partial charge in [0, 0.05) is 16.4 Å². The lowest BCUT2D eigenvalue weighted by atomic mass is 10.1. The van der Waals surface area contributed by atoms with Crippen LogP contribution in [0.15, 0.2) is 52.0 Å². The molecule has 1 fully saturated rings. The van der Waals surface area contributed by atoms with Gasteiger partial charge in [-0.1, -0.05) is 22.0 Å². The van der Waals surface area contributed by atoms with Gasteiger partial charge < -0.3 is 0 Å². The molecule has 1 heterocycles. The van der Waals surface area contributed by atoms with Crippen LogP contribution < -0.4 is 4.72 Å². The molecule has 0 atom stereocenters. The van der Waals surface area contributed by atoms with E-state index in [0.717, 1.165) is 20.9 Å². The minimum atomic E-state index is -3.55. The highest BCUT2D eigenvalue weighted by molar-refractivity contribution is 9.10. The van der Waals surface area contributed by atoms with Gasteiger partial charge in [0.15, 0.2) is 0 Å². The Labute approximate surface area is 155 Å². The zero-order valence-corrected chi connectivity index (χ0v) is 16.1. The Balaban J connectivity index is 1.55. The highest BCUT2D eigenvalue weighted by atomic mass is 79.9. The maximum absolute atomic E-state index is 12.6. The first-order valence-electron chi connectivity index (χ1n) is 8.16. The lowest BCUT2D eigenvalue weighted by Crippen LogP contribution is -2.24. The molecule has 1 N–H and O–H groups in total. The van der Waals surface area contributed by atoms with Crippen molar-refractivity contribution >= 4 is 36.9 Å². The Kier molecular flexibility index (Phi) is 4.17. The van der Waals surface area contributed by atoms with Crippen molar-refractivity contribution in [2.24, 2.45) is 0 Å². The van der Waals surface area contributed by atoms with E-state index in [1.165, 1.54) is 12.8 Å². The molecule has 1 aliphatic rings. The summed E-state index contributed by atoms with van der Waals surface area (Å²) in [6.07, 6.45) is 4.22. The summed E-state index contributed by atoms with van der Waals surface area (Å²) in [7, 11) is -3.55. The molecule has 2 aromatic carbocycles. The predicted octanol–water partition coefficient (Wildman–Crippen LogP) is 3.92. The summed E-state index contributed by atoms with van der Waals surface area (Å²) in [5.41, 5.74) is 2.74. The Morgan fingerprint density at radius 1 is 1.24 bits per heavy atom. The lowest BCUT2D eigenvalue weighted by Gasteiger charge is -2.10. The van der Waals surface area contributed by atoms with Crippen LogP contribution in [0.3, 0.4) is 0 Å². The first kappa shape index (κ1) is 16.8. The summed E-state index contributed by atoms with van der Waals surface area (Å²) >= 11 is 3.36. The van der Waals surface area contributed by atoms with E-state index in [0.29, 0.717) is 16.5 Å². The van der Waals surface area contributed by atoms with Gasteiger partial charge in [-0.15, -0.1) is 0 Å². The number of aryl methyl sites for hydroxylation is 1. The fourth-order valence-corrected chi connectivity index (χ4v) is 4.71. The van der Waals surface area contributed by atoms with Crippen molar-refractivity contribution in [3.05, 3.63) is 58.2 Å². The molecule has 1 aromatic heterocycles. The first-order valence-corrected chi connectivity index (χ1v) is 10.4. The number of nitrogens with one attached hydrogen (secondary N) is 1. The molecule has 3 aromatic rings. The summed E-state index contributed by atoms with van der Waals surface area (Å²) in [5, 5.41) is 5.49. The zero-order chi connectivity index (χ0) is 17.6. The normalized spacial score (nSPS) is 15.0. The molecule has 0 amide bonds. The Bertz CT molecular complexity index is 1060. The summed E-state index contributed by atoms with van der Waals surface area (Å²) in [6.45, 7) is 2.04. The molecule has 4 rings (SSSR count). The average molecular weight is 420 g/mol. The monoisotopic (exact) mass is 419 g/mol. The third-order valence-corrected chi connectivity index (χ3v) is 6.50. The number of fused-ring (bicyclic) bond motifs is 1. The van der Waals surface area contributed by atoms with Gasteiger partial charge in [-0.3, -0.25) is 4.68 Å². The smallest absolute Gasteiger partial charge is 0.241 e. The highest BCUT2D eigenvalue weighted by Crippen LogP contribution is 2.36. The highest BCUT2D eigenvalue weighted by Gasteiger charge is 2.25. The molecule has 0 bridgehead atoms. The number of rotatable bonds is 5. The van der Waals surface area contributed by atoms with E-state index in [2.05, 4.69) is 30.4 Å². The fraction of sp³-hybridized carbons (Fsp3) is 0.278. The van der Waals surface area contributed by atoms with E-state index in [4.69, 9.17) is 0 Å². The number of hydrogen-bond acceptors (Lipinski definition) is 3. The van der Waals surface area contributed by atoms with Gasteiger partial charge in [0.1, 0.15) is 0 Å². The number of sulfonamides is 1.